The first-order valence-electron chi connectivity index (χ1n) is 5.43. The number of benzene rings is 1. The molecule has 0 aliphatic rings. The number of rotatable bonds is 4. The van der Waals surface area contributed by atoms with Crippen LogP contribution in [-0.2, 0) is 6.54 Å². The first-order valence-corrected chi connectivity index (χ1v) is 6.60. The molecular formula is C13H10BrClN2O2. The van der Waals surface area contributed by atoms with Crippen molar-refractivity contribution < 1.29 is 9.90 Å². The normalized spacial score (nSPS) is 10.2. The summed E-state index contributed by atoms with van der Waals surface area (Å²) in [5, 5.41) is 12.6. The molecule has 1 heterocycles. The zero-order valence-corrected chi connectivity index (χ0v) is 12.1. The van der Waals surface area contributed by atoms with E-state index in [1.807, 2.05) is 6.07 Å². The lowest BCUT2D eigenvalue weighted by molar-refractivity contribution is 0.0696. The van der Waals surface area contributed by atoms with E-state index in [2.05, 4.69) is 26.2 Å². The van der Waals surface area contributed by atoms with Crippen LogP contribution in [0.15, 0.2) is 41.0 Å². The number of carboxylic acid groups (broad SMARTS) is 1. The highest BCUT2D eigenvalue weighted by Crippen LogP contribution is 2.26. The van der Waals surface area contributed by atoms with Gasteiger partial charge in [0.15, 0.2) is 0 Å². The summed E-state index contributed by atoms with van der Waals surface area (Å²) in [5.41, 5.74) is 1.83. The summed E-state index contributed by atoms with van der Waals surface area (Å²) in [5.74, 6) is -0.979. The predicted octanol–water partition coefficient (Wildman–Crippen LogP) is 3.81. The Kier molecular flexibility index (Phi) is 4.39. The predicted molar refractivity (Wildman–Crippen MR) is 77.7 cm³/mol. The lowest BCUT2D eigenvalue weighted by Crippen LogP contribution is -2.04. The van der Waals surface area contributed by atoms with Crippen LogP contribution < -0.4 is 5.32 Å². The Hall–Kier alpha value is -1.59. The van der Waals surface area contributed by atoms with Crippen molar-refractivity contribution >= 4 is 39.2 Å². The number of hydrogen-bond donors (Lipinski definition) is 2. The quantitative estimate of drug-likeness (QED) is 0.888. The van der Waals surface area contributed by atoms with Gasteiger partial charge in [0, 0.05) is 21.4 Å². The van der Waals surface area contributed by atoms with Gasteiger partial charge in [-0.2, -0.15) is 0 Å². The van der Waals surface area contributed by atoms with Crippen LogP contribution in [0.5, 0.6) is 0 Å². The third-order valence-corrected chi connectivity index (χ3v) is 3.35. The lowest BCUT2D eigenvalue weighted by Gasteiger charge is -2.08. The van der Waals surface area contributed by atoms with E-state index in [4.69, 9.17) is 16.7 Å². The SMILES string of the molecule is O=C(O)c1ccc(CNc2ccc(Cl)cc2Br)nc1. The highest BCUT2D eigenvalue weighted by Gasteiger charge is 2.04. The molecule has 0 bridgehead atoms. The molecule has 0 aliphatic carbocycles. The van der Waals surface area contributed by atoms with E-state index in [-0.39, 0.29) is 5.56 Å². The van der Waals surface area contributed by atoms with E-state index in [0.717, 1.165) is 15.9 Å². The maximum atomic E-state index is 10.7. The molecule has 0 aliphatic heterocycles. The van der Waals surface area contributed by atoms with Crippen LogP contribution in [0.4, 0.5) is 5.69 Å². The van der Waals surface area contributed by atoms with Gasteiger partial charge in [0.25, 0.3) is 0 Å². The molecule has 0 saturated heterocycles. The Morgan fingerprint density at radius 1 is 1.37 bits per heavy atom. The lowest BCUT2D eigenvalue weighted by atomic mass is 10.2. The molecule has 0 unspecified atom stereocenters. The van der Waals surface area contributed by atoms with Gasteiger partial charge in [-0.3, -0.25) is 4.98 Å². The number of hydrogen-bond acceptors (Lipinski definition) is 3. The standard InChI is InChI=1S/C13H10BrClN2O2/c14-11-5-9(15)2-4-12(11)17-7-10-3-1-8(6-16-10)13(18)19/h1-6,17H,7H2,(H,18,19). The van der Waals surface area contributed by atoms with Crippen molar-refractivity contribution in [2.75, 3.05) is 5.32 Å². The zero-order valence-electron chi connectivity index (χ0n) is 9.73. The molecule has 2 aromatic rings. The molecule has 4 nitrogen and oxygen atoms in total. The number of pyridine rings is 1. The van der Waals surface area contributed by atoms with Crippen LogP contribution in [0.25, 0.3) is 0 Å². The summed E-state index contributed by atoms with van der Waals surface area (Å²) in [6.45, 7) is 0.500. The smallest absolute Gasteiger partial charge is 0.337 e. The number of anilines is 1. The Labute approximate surface area is 123 Å². The van der Waals surface area contributed by atoms with Crippen LogP contribution in [0, 0.1) is 0 Å². The van der Waals surface area contributed by atoms with Crippen LogP contribution in [0.2, 0.25) is 5.02 Å². The molecular weight excluding hydrogens is 332 g/mol. The first-order chi connectivity index (χ1) is 9.06. The Bertz CT molecular complexity index is 602. The van der Waals surface area contributed by atoms with Crippen molar-refractivity contribution in [3.63, 3.8) is 0 Å². The molecule has 19 heavy (non-hydrogen) atoms. The molecule has 2 rings (SSSR count). The monoisotopic (exact) mass is 340 g/mol. The van der Waals surface area contributed by atoms with Gasteiger partial charge in [0.05, 0.1) is 17.8 Å². The first kappa shape index (κ1) is 13.8. The number of carboxylic acids is 1. The summed E-state index contributed by atoms with van der Waals surface area (Å²) < 4.78 is 0.863. The zero-order chi connectivity index (χ0) is 13.8. The fraction of sp³-hybridized carbons (Fsp3) is 0.0769. The minimum atomic E-state index is -0.979. The maximum Gasteiger partial charge on any atom is 0.337 e. The second-order valence-corrected chi connectivity index (χ2v) is 5.11. The number of halogens is 2. The minimum absolute atomic E-state index is 0.177. The number of aromatic carboxylic acids is 1. The summed E-state index contributed by atoms with van der Waals surface area (Å²) >= 11 is 9.26. The molecule has 0 saturated carbocycles. The average Bonchev–Trinajstić information content (AvgIpc) is 2.38. The van der Waals surface area contributed by atoms with E-state index >= 15 is 0 Å². The molecule has 0 fully saturated rings. The van der Waals surface area contributed by atoms with E-state index in [0.29, 0.717) is 11.6 Å². The molecule has 1 aromatic heterocycles. The van der Waals surface area contributed by atoms with Crippen molar-refractivity contribution in [3.8, 4) is 0 Å². The van der Waals surface area contributed by atoms with E-state index in [9.17, 15) is 4.79 Å². The molecule has 0 radical (unpaired) electrons. The van der Waals surface area contributed by atoms with Crippen molar-refractivity contribution in [3.05, 3.63) is 57.3 Å². The highest BCUT2D eigenvalue weighted by molar-refractivity contribution is 9.10. The second kappa shape index (κ2) is 6.04. The van der Waals surface area contributed by atoms with Crippen LogP contribution >= 0.6 is 27.5 Å². The third kappa shape index (κ3) is 3.68. The van der Waals surface area contributed by atoms with Crippen molar-refractivity contribution in [1.29, 1.82) is 0 Å². The molecule has 98 valence electrons. The average molecular weight is 342 g/mol. The maximum absolute atomic E-state index is 10.7. The molecule has 1 aromatic carbocycles. The van der Waals surface area contributed by atoms with Crippen molar-refractivity contribution in [1.82, 2.24) is 4.98 Å². The fourth-order valence-electron chi connectivity index (χ4n) is 1.47. The van der Waals surface area contributed by atoms with Gasteiger partial charge in [0.1, 0.15) is 0 Å². The summed E-state index contributed by atoms with van der Waals surface area (Å²) in [4.78, 5) is 14.8. The van der Waals surface area contributed by atoms with Gasteiger partial charge in [-0.05, 0) is 46.3 Å². The summed E-state index contributed by atoms with van der Waals surface area (Å²) in [6.07, 6.45) is 1.34. The molecule has 2 N–H and O–H groups in total. The number of aromatic nitrogens is 1. The summed E-state index contributed by atoms with van der Waals surface area (Å²) in [6, 6.07) is 8.65. The number of carbonyl (C=O) groups is 1. The van der Waals surface area contributed by atoms with Gasteiger partial charge < -0.3 is 10.4 Å². The van der Waals surface area contributed by atoms with E-state index in [1.165, 1.54) is 12.3 Å². The van der Waals surface area contributed by atoms with Gasteiger partial charge in [-0.1, -0.05) is 11.6 Å². The van der Waals surface area contributed by atoms with Gasteiger partial charge in [0.2, 0.25) is 0 Å². The van der Waals surface area contributed by atoms with Crippen LogP contribution in [-0.4, -0.2) is 16.1 Å². The third-order valence-electron chi connectivity index (χ3n) is 2.46. The van der Waals surface area contributed by atoms with Crippen LogP contribution in [0.1, 0.15) is 16.1 Å². The van der Waals surface area contributed by atoms with Crippen molar-refractivity contribution in [2.24, 2.45) is 0 Å². The van der Waals surface area contributed by atoms with E-state index in [1.54, 1.807) is 18.2 Å². The van der Waals surface area contributed by atoms with Gasteiger partial charge in [-0.15, -0.1) is 0 Å². The second-order valence-electron chi connectivity index (χ2n) is 3.82. The molecule has 0 spiro atoms. The minimum Gasteiger partial charge on any atom is -0.478 e. The van der Waals surface area contributed by atoms with Crippen molar-refractivity contribution in [2.45, 2.75) is 6.54 Å². The number of nitrogens with one attached hydrogen (secondary N) is 1. The molecule has 6 heteroatoms. The topological polar surface area (TPSA) is 62.2 Å². The molecule has 0 amide bonds. The van der Waals surface area contributed by atoms with Crippen LogP contribution in [0.3, 0.4) is 0 Å². The highest BCUT2D eigenvalue weighted by atomic mass is 79.9. The Balaban J connectivity index is 2.04. The Morgan fingerprint density at radius 2 is 2.16 bits per heavy atom. The fourth-order valence-corrected chi connectivity index (χ4v) is 2.30. The largest absolute Gasteiger partial charge is 0.478 e. The number of nitrogens with zero attached hydrogens (tertiary/aromatic N) is 1. The summed E-state index contributed by atoms with van der Waals surface area (Å²) in [7, 11) is 0. The Morgan fingerprint density at radius 3 is 2.74 bits per heavy atom. The van der Waals surface area contributed by atoms with Gasteiger partial charge in [-0.25, -0.2) is 4.79 Å². The van der Waals surface area contributed by atoms with E-state index < -0.39 is 5.97 Å². The van der Waals surface area contributed by atoms with Gasteiger partial charge >= 0.3 is 5.97 Å². The molecule has 0 atom stereocenters.